The molecule has 22 heavy (non-hydrogen) atoms. The maximum Gasteiger partial charge on any atom is 0.129 e. The minimum absolute atomic E-state index is 0.335. The van der Waals surface area contributed by atoms with Crippen molar-refractivity contribution in [2.24, 2.45) is 0 Å². The standard InChI is InChI=1S/C19H34I2O/c1-3-4-5-6-9-12-15-18(20)19(21)16-13-10-7-8-11-14-17(2)22/h3-16H2,1-2H3/b19-18-. The fourth-order valence-electron chi connectivity index (χ4n) is 2.52. The zero-order chi connectivity index (χ0) is 16.6. The van der Waals surface area contributed by atoms with Crippen LogP contribution in [0.4, 0.5) is 0 Å². The van der Waals surface area contributed by atoms with Gasteiger partial charge in [-0.2, -0.15) is 0 Å². The molecule has 130 valence electrons. The summed E-state index contributed by atoms with van der Waals surface area (Å²) in [6, 6.07) is 0. The molecule has 0 saturated heterocycles. The van der Waals surface area contributed by atoms with Gasteiger partial charge < -0.3 is 4.79 Å². The van der Waals surface area contributed by atoms with E-state index in [0.717, 1.165) is 12.8 Å². The molecule has 0 aromatic carbocycles. The molecule has 0 N–H and O–H groups in total. The van der Waals surface area contributed by atoms with Gasteiger partial charge in [-0.1, -0.05) is 58.3 Å². The molecule has 0 aliphatic rings. The topological polar surface area (TPSA) is 17.1 Å². The SMILES string of the molecule is CCCCCCCC/C(I)=C(/I)CCCCCCCC(C)=O. The fraction of sp³-hybridized carbons (Fsp3) is 0.842. The van der Waals surface area contributed by atoms with E-state index in [1.807, 2.05) is 0 Å². The number of allylic oxidation sites excluding steroid dienone is 2. The lowest BCUT2D eigenvalue weighted by Gasteiger charge is -2.06. The second kappa shape index (κ2) is 16.7. The minimum atomic E-state index is 0.335. The lowest BCUT2D eigenvalue weighted by Crippen LogP contribution is -1.89. The van der Waals surface area contributed by atoms with Gasteiger partial charge in [0.15, 0.2) is 0 Å². The van der Waals surface area contributed by atoms with Crippen LogP contribution < -0.4 is 0 Å². The highest BCUT2D eigenvalue weighted by molar-refractivity contribution is 14.1. The summed E-state index contributed by atoms with van der Waals surface area (Å²) in [5, 5.41) is 0. The Balaban J connectivity index is 3.53. The Hall–Kier alpha value is 0.870. The number of unbranched alkanes of at least 4 members (excludes halogenated alkanes) is 9. The number of Topliss-reactive ketones (excluding diaryl/α,β-unsaturated/α-hetero) is 1. The molecule has 0 aliphatic heterocycles. The molecule has 3 heteroatoms. The van der Waals surface area contributed by atoms with Crippen molar-refractivity contribution in [2.45, 2.75) is 104 Å². The molecule has 0 atom stereocenters. The molecule has 0 radical (unpaired) electrons. The second-order valence-electron chi connectivity index (χ2n) is 6.30. The van der Waals surface area contributed by atoms with Crippen LogP contribution in [0.15, 0.2) is 7.16 Å². The zero-order valence-electron chi connectivity index (χ0n) is 14.6. The van der Waals surface area contributed by atoms with Crippen LogP contribution in [0.1, 0.15) is 104 Å². The molecular weight excluding hydrogens is 498 g/mol. The Bertz CT molecular complexity index is 311. The molecule has 0 aliphatic carbocycles. The maximum atomic E-state index is 10.8. The van der Waals surface area contributed by atoms with Crippen LogP contribution in [0.5, 0.6) is 0 Å². The average Bonchev–Trinajstić information content (AvgIpc) is 2.49. The summed E-state index contributed by atoms with van der Waals surface area (Å²) in [7, 11) is 0. The molecular formula is C19H34I2O. The van der Waals surface area contributed by atoms with E-state index >= 15 is 0 Å². The summed E-state index contributed by atoms with van der Waals surface area (Å²) in [5.74, 6) is 0.335. The van der Waals surface area contributed by atoms with E-state index in [1.54, 1.807) is 14.1 Å². The van der Waals surface area contributed by atoms with Gasteiger partial charge in [-0.3, -0.25) is 0 Å². The van der Waals surface area contributed by atoms with Crippen molar-refractivity contribution in [3.8, 4) is 0 Å². The largest absolute Gasteiger partial charge is 0.300 e. The first-order chi connectivity index (χ1) is 10.6. The Morgan fingerprint density at radius 3 is 1.41 bits per heavy atom. The predicted molar refractivity (Wildman–Crippen MR) is 116 cm³/mol. The Morgan fingerprint density at radius 1 is 0.636 bits per heavy atom. The van der Waals surface area contributed by atoms with Gasteiger partial charge in [0.1, 0.15) is 5.78 Å². The van der Waals surface area contributed by atoms with Gasteiger partial charge in [0, 0.05) is 6.42 Å². The molecule has 0 amide bonds. The molecule has 0 bridgehead atoms. The number of rotatable bonds is 15. The molecule has 0 spiro atoms. The van der Waals surface area contributed by atoms with E-state index in [-0.39, 0.29) is 0 Å². The zero-order valence-corrected chi connectivity index (χ0v) is 18.9. The first-order valence-corrected chi connectivity index (χ1v) is 11.3. The van der Waals surface area contributed by atoms with Crippen molar-refractivity contribution < 1.29 is 4.79 Å². The van der Waals surface area contributed by atoms with Crippen LogP contribution in [0.3, 0.4) is 0 Å². The Morgan fingerprint density at radius 2 is 1.00 bits per heavy atom. The van der Waals surface area contributed by atoms with Crippen molar-refractivity contribution in [3.05, 3.63) is 7.16 Å². The smallest absolute Gasteiger partial charge is 0.129 e. The first-order valence-electron chi connectivity index (χ1n) is 9.10. The molecule has 0 saturated carbocycles. The Kier molecular flexibility index (Phi) is 17.4. The maximum absolute atomic E-state index is 10.8. The Labute approximate surface area is 165 Å². The molecule has 0 aromatic heterocycles. The number of hydrogen-bond donors (Lipinski definition) is 0. The van der Waals surface area contributed by atoms with E-state index in [4.69, 9.17) is 0 Å². The highest BCUT2D eigenvalue weighted by Crippen LogP contribution is 2.29. The molecule has 0 heterocycles. The lowest BCUT2D eigenvalue weighted by atomic mass is 10.1. The van der Waals surface area contributed by atoms with E-state index in [0.29, 0.717) is 5.78 Å². The third-order valence-corrected chi connectivity index (χ3v) is 7.38. The van der Waals surface area contributed by atoms with Gasteiger partial charge in [-0.25, -0.2) is 0 Å². The summed E-state index contributed by atoms with van der Waals surface area (Å²) < 4.78 is 3.17. The molecule has 0 rings (SSSR count). The minimum Gasteiger partial charge on any atom is -0.300 e. The molecule has 0 aromatic rings. The van der Waals surface area contributed by atoms with E-state index < -0.39 is 0 Å². The van der Waals surface area contributed by atoms with Gasteiger partial charge in [0.25, 0.3) is 0 Å². The van der Waals surface area contributed by atoms with Crippen LogP contribution >= 0.6 is 45.2 Å². The van der Waals surface area contributed by atoms with Gasteiger partial charge in [0.05, 0.1) is 0 Å². The summed E-state index contributed by atoms with van der Waals surface area (Å²) in [4.78, 5) is 10.8. The molecule has 0 fully saturated rings. The quantitative estimate of drug-likeness (QED) is 0.154. The third kappa shape index (κ3) is 15.8. The van der Waals surface area contributed by atoms with Gasteiger partial charge >= 0.3 is 0 Å². The third-order valence-electron chi connectivity index (χ3n) is 3.97. The van der Waals surface area contributed by atoms with E-state index in [1.165, 1.54) is 77.0 Å². The monoisotopic (exact) mass is 532 g/mol. The van der Waals surface area contributed by atoms with Crippen LogP contribution in [0, 0.1) is 0 Å². The number of halogens is 2. The first kappa shape index (κ1) is 22.9. The number of carbonyl (C=O) groups excluding carboxylic acids is 1. The van der Waals surface area contributed by atoms with E-state index in [2.05, 4.69) is 52.1 Å². The summed E-state index contributed by atoms with van der Waals surface area (Å²) in [5.41, 5.74) is 0. The number of hydrogen-bond acceptors (Lipinski definition) is 1. The molecule has 0 unspecified atom stereocenters. The highest BCUT2D eigenvalue weighted by Gasteiger charge is 2.02. The average molecular weight is 532 g/mol. The van der Waals surface area contributed by atoms with Crippen molar-refractivity contribution in [1.82, 2.24) is 0 Å². The van der Waals surface area contributed by atoms with Gasteiger partial charge in [-0.05, 0) is 91.4 Å². The van der Waals surface area contributed by atoms with Crippen LogP contribution in [-0.4, -0.2) is 5.78 Å². The van der Waals surface area contributed by atoms with Crippen molar-refractivity contribution in [1.29, 1.82) is 0 Å². The van der Waals surface area contributed by atoms with Crippen molar-refractivity contribution in [2.75, 3.05) is 0 Å². The van der Waals surface area contributed by atoms with Crippen LogP contribution in [0.2, 0.25) is 0 Å². The predicted octanol–water partition coefficient (Wildman–Crippen LogP) is 8.14. The number of ketones is 1. The fourth-order valence-corrected chi connectivity index (χ4v) is 3.82. The van der Waals surface area contributed by atoms with Crippen LogP contribution in [-0.2, 0) is 4.79 Å². The number of carbonyl (C=O) groups is 1. The second-order valence-corrected chi connectivity index (χ2v) is 8.90. The van der Waals surface area contributed by atoms with Crippen LogP contribution in [0.25, 0.3) is 0 Å². The summed E-state index contributed by atoms with van der Waals surface area (Å²) >= 11 is 5.10. The van der Waals surface area contributed by atoms with Crippen molar-refractivity contribution >= 4 is 51.0 Å². The highest BCUT2D eigenvalue weighted by atomic mass is 127. The van der Waals surface area contributed by atoms with E-state index in [9.17, 15) is 4.79 Å². The van der Waals surface area contributed by atoms with Gasteiger partial charge in [0.2, 0.25) is 0 Å². The summed E-state index contributed by atoms with van der Waals surface area (Å²) in [6.07, 6.45) is 17.8. The summed E-state index contributed by atoms with van der Waals surface area (Å²) in [6.45, 7) is 3.97. The van der Waals surface area contributed by atoms with Crippen molar-refractivity contribution in [3.63, 3.8) is 0 Å². The normalized spacial score (nSPS) is 12.4. The molecule has 1 nitrogen and oxygen atoms in total. The van der Waals surface area contributed by atoms with Gasteiger partial charge in [-0.15, -0.1) is 0 Å². The lowest BCUT2D eigenvalue weighted by molar-refractivity contribution is -0.117.